The van der Waals surface area contributed by atoms with Gasteiger partial charge in [0.15, 0.2) is 5.76 Å². The largest absolute Gasteiger partial charge is 0.459 e. The lowest BCUT2D eigenvalue weighted by Gasteiger charge is -2.13. The van der Waals surface area contributed by atoms with Crippen LogP contribution in [-0.2, 0) is 17.4 Å². The SMILES string of the molecule is C[C@H](NC(=O)c1ccco1)C(=O)NCCc1ccc(C(F)(F)F)cc1. The Labute approximate surface area is 142 Å². The van der Waals surface area contributed by atoms with Crippen LogP contribution in [0.25, 0.3) is 0 Å². The van der Waals surface area contributed by atoms with Gasteiger partial charge in [-0.25, -0.2) is 0 Å². The molecule has 0 radical (unpaired) electrons. The van der Waals surface area contributed by atoms with Crippen molar-refractivity contribution >= 4 is 11.8 Å². The van der Waals surface area contributed by atoms with Crippen molar-refractivity contribution in [3.63, 3.8) is 0 Å². The maximum atomic E-state index is 12.5. The van der Waals surface area contributed by atoms with Gasteiger partial charge in [-0.1, -0.05) is 12.1 Å². The molecular formula is C17H17F3N2O3. The predicted molar refractivity (Wildman–Crippen MR) is 83.8 cm³/mol. The molecule has 2 amide bonds. The number of carbonyl (C=O) groups is 2. The fourth-order valence-corrected chi connectivity index (χ4v) is 2.08. The molecule has 5 nitrogen and oxygen atoms in total. The first-order valence-electron chi connectivity index (χ1n) is 7.55. The van der Waals surface area contributed by atoms with Crippen molar-refractivity contribution in [3.05, 3.63) is 59.5 Å². The Balaban J connectivity index is 1.77. The standard InChI is InChI=1S/C17H17F3N2O3/c1-11(22-16(24)14-3-2-10-25-14)15(23)21-9-8-12-4-6-13(7-5-12)17(18,19)20/h2-7,10-11H,8-9H2,1H3,(H,21,23)(H,22,24)/t11-/m0/s1. The monoisotopic (exact) mass is 354 g/mol. The van der Waals surface area contributed by atoms with Crippen LogP contribution in [0.2, 0.25) is 0 Å². The van der Waals surface area contributed by atoms with Crippen LogP contribution in [0, 0.1) is 0 Å². The Kier molecular flexibility index (Phi) is 5.84. The lowest BCUT2D eigenvalue weighted by atomic mass is 10.1. The third-order valence-corrected chi connectivity index (χ3v) is 3.48. The fraction of sp³-hybridized carbons (Fsp3) is 0.294. The normalized spacial score (nSPS) is 12.5. The predicted octanol–water partition coefficient (Wildman–Crippen LogP) is 2.78. The molecule has 2 N–H and O–H groups in total. The number of hydrogen-bond acceptors (Lipinski definition) is 3. The highest BCUT2D eigenvalue weighted by Gasteiger charge is 2.29. The van der Waals surface area contributed by atoms with Crippen molar-refractivity contribution in [2.75, 3.05) is 6.54 Å². The van der Waals surface area contributed by atoms with E-state index in [1.54, 1.807) is 6.07 Å². The third kappa shape index (κ3) is 5.37. The molecule has 0 fully saturated rings. The fourth-order valence-electron chi connectivity index (χ4n) is 2.08. The molecule has 8 heteroatoms. The zero-order chi connectivity index (χ0) is 18.4. The average molecular weight is 354 g/mol. The molecule has 2 rings (SSSR count). The number of alkyl halides is 3. The van der Waals surface area contributed by atoms with Crippen LogP contribution in [0.1, 0.15) is 28.6 Å². The molecule has 134 valence electrons. The number of carbonyl (C=O) groups excluding carboxylic acids is 2. The molecule has 1 aromatic carbocycles. The number of furan rings is 1. The van der Waals surface area contributed by atoms with Gasteiger partial charge < -0.3 is 15.1 Å². The molecular weight excluding hydrogens is 337 g/mol. The number of halogens is 3. The second kappa shape index (κ2) is 7.87. The van der Waals surface area contributed by atoms with Gasteiger partial charge >= 0.3 is 6.18 Å². The van der Waals surface area contributed by atoms with E-state index in [1.807, 2.05) is 0 Å². The highest BCUT2D eigenvalue weighted by Crippen LogP contribution is 2.29. The van der Waals surface area contributed by atoms with E-state index in [1.165, 1.54) is 31.4 Å². The summed E-state index contributed by atoms with van der Waals surface area (Å²) in [5.41, 5.74) is -0.0462. The van der Waals surface area contributed by atoms with Crippen LogP contribution in [0.15, 0.2) is 47.1 Å². The highest BCUT2D eigenvalue weighted by molar-refractivity contribution is 5.95. The van der Waals surface area contributed by atoms with Crippen molar-refractivity contribution in [1.29, 1.82) is 0 Å². The molecule has 0 aliphatic rings. The van der Waals surface area contributed by atoms with Crippen LogP contribution in [0.5, 0.6) is 0 Å². The molecule has 0 saturated carbocycles. The van der Waals surface area contributed by atoms with Gasteiger partial charge in [0, 0.05) is 6.54 Å². The summed E-state index contributed by atoms with van der Waals surface area (Å²) < 4.78 is 42.3. The first-order valence-corrected chi connectivity index (χ1v) is 7.55. The zero-order valence-electron chi connectivity index (χ0n) is 13.4. The average Bonchev–Trinajstić information content (AvgIpc) is 3.09. The molecule has 0 spiro atoms. The second-order valence-electron chi connectivity index (χ2n) is 5.41. The van der Waals surface area contributed by atoms with Crippen LogP contribution >= 0.6 is 0 Å². The Hall–Kier alpha value is -2.77. The topological polar surface area (TPSA) is 71.3 Å². The van der Waals surface area contributed by atoms with Crippen LogP contribution < -0.4 is 10.6 Å². The van der Waals surface area contributed by atoms with E-state index in [4.69, 9.17) is 4.42 Å². The number of rotatable bonds is 6. The number of amides is 2. The highest BCUT2D eigenvalue weighted by atomic mass is 19.4. The summed E-state index contributed by atoms with van der Waals surface area (Å²) in [6.45, 7) is 1.76. The summed E-state index contributed by atoms with van der Waals surface area (Å²) in [4.78, 5) is 23.7. The lowest BCUT2D eigenvalue weighted by molar-refractivity contribution is -0.137. The maximum Gasteiger partial charge on any atom is 0.416 e. The van der Waals surface area contributed by atoms with Crippen molar-refractivity contribution in [2.45, 2.75) is 25.6 Å². The van der Waals surface area contributed by atoms with Gasteiger partial charge in [0.2, 0.25) is 5.91 Å². The van der Waals surface area contributed by atoms with Gasteiger partial charge in [0.05, 0.1) is 11.8 Å². The zero-order valence-corrected chi connectivity index (χ0v) is 13.4. The van der Waals surface area contributed by atoms with E-state index in [2.05, 4.69) is 10.6 Å². The summed E-state index contributed by atoms with van der Waals surface area (Å²) in [6.07, 6.45) is -2.64. The minimum Gasteiger partial charge on any atom is -0.459 e. The molecule has 0 unspecified atom stereocenters. The number of nitrogens with one attached hydrogen (secondary N) is 2. The molecule has 0 aliphatic carbocycles. The first-order chi connectivity index (χ1) is 11.8. The molecule has 0 aliphatic heterocycles. The van der Waals surface area contributed by atoms with E-state index < -0.39 is 29.6 Å². The minimum absolute atomic E-state index is 0.101. The maximum absolute atomic E-state index is 12.5. The van der Waals surface area contributed by atoms with Crippen LogP contribution in [-0.4, -0.2) is 24.4 Å². The minimum atomic E-state index is -4.37. The lowest BCUT2D eigenvalue weighted by Crippen LogP contribution is -2.45. The van der Waals surface area contributed by atoms with Gasteiger partial charge in [-0.2, -0.15) is 13.2 Å². The van der Waals surface area contributed by atoms with Crippen LogP contribution in [0.4, 0.5) is 13.2 Å². The van der Waals surface area contributed by atoms with Crippen LogP contribution in [0.3, 0.4) is 0 Å². The van der Waals surface area contributed by atoms with Gasteiger partial charge in [-0.3, -0.25) is 9.59 Å². The molecule has 0 bridgehead atoms. The first kappa shape index (κ1) is 18.6. The summed E-state index contributed by atoms with van der Waals surface area (Å²) >= 11 is 0. The number of benzene rings is 1. The summed E-state index contributed by atoms with van der Waals surface area (Å²) in [5, 5.41) is 5.10. The smallest absolute Gasteiger partial charge is 0.416 e. The van der Waals surface area contributed by atoms with Gasteiger partial charge in [-0.15, -0.1) is 0 Å². The van der Waals surface area contributed by atoms with Crippen molar-refractivity contribution in [2.24, 2.45) is 0 Å². The summed E-state index contributed by atoms with van der Waals surface area (Å²) in [6, 6.07) is 7.01. The van der Waals surface area contributed by atoms with E-state index in [9.17, 15) is 22.8 Å². The molecule has 1 heterocycles. The Morgan fingerprint density at radius 3 is 2.40 bits per heavy atom. The van der Waals surface area contributed by atoms with Crippen molar-refractivity contribution in [1.82, 2.24) is 10.6 Å². The summed E-state index contributed by atoms with van der Waals surface area (Å²) in [7, 11) is 0. The van der Waals surface area contributed by atoms with Gasteiger partial charge in [0.1, 0.15) is 6.04 Å². The van der Waals surface area contributed by atoms with Crippen molar-refractivity contribution in [3.8, 4) is 0 Å². The third-order valence-electron chi connectivity index (χ3n) is 3.48. The molecule has 1 atom stereocenters. The Morgan fingerprint density at radius 1 is 1.16 bits per heavy atom. The Bertz CT molecular complexity index is 710. The number of hydrogen-bond donors (Lipinski definition) is 2. The Morgan fingerprint density at radius 2 is 1.84 bits per heavy atom. The van der Waals surface area contributed by atoms with E-state index in [0.717, 1.165) is 12.1 Å². The van der Waals surface area contributed by atoms with E-state index in [-0.39, 0.29) is 12.3 Å². The molecule has 1 aromatic heterocycles. The van der Waals surface area contributed by atoms with E-state index >= 15 is 0 Å². The molecule has 2 aromatic rings. The van der Waals surface area contributed by atoms with E-state index in [0.29, 0.717) is 12.0 Å². The van der Waals surface area contributed by atoms with Gasteiger partial charge in [0.25, 0.3) is 5.91 Å². The second-order valence-corrected chi connectivity index (χ2v) is 5.41. The van der Waals surface area contributed by atoms with Gasteiger partial charge in [-0.05, 0) is 43.2 Å². The molecule has 0 saturated heterocycles. The quantitative estimate of drug-likeness (QED) is 0.838. The van der Waals surface area contributed by atoms with Crippen molar-refractivity contribution < 1.29 is 27.2 Å². The molecule has 25 heavy (non-hydrogen) atoms. The summed E-state index contributed by atoms with van der Waals surface area (Å²) in [5.74, 6) is -0.799.